The van der Waals surface area contributed by atoms with E-state index in [2.05, 4.69) is 15.0 Å². The second-order valence-corrected chi connectivity index (χ2v) is 10.5. The molecule has 0 unspecified atom stereocenters. The molecule has 5 rings (SSSR count). The first kappa shape index (κ1) is 17.1. The van der Waals surface area contributed by atoms with Crippen LogP contribution in [0.25, 0.3) is 0 Å². The largest absolute Gasteiger partial charge is 0.381 e. The number of hydrogen-bond acceptors (Lipinski definition) is 7. The van der Waals surface area contributed by atoms with E-state index in [4.69, 9.17) is 9.26 Å². The Labute approximate surface area is 153 Å². The predicted octanol–water partition coefficient (Wildman–Crippen LogP) is 0.534. The van der Waals surface area contributed by atoms with Crippen molar-refractivity contribution in [1.29, 1.82) is 0 Å². The third-order valence-electron chi connectivity index (χ3n) is 6.57. The molecule has 0 bridgehead atoms. The minimum absolute atomic E-state index is 0.172. The van der Waals surface area contributed by atoms with Gasteiger partial charge >= 0.3 is 0 Å². The van der Waals surface area contributed by atoms with Crippen LogP contribution in [0.5, 0.6) is 0 Å². The molecule has 144 valence electrons. The van der Waals surface area contributed by atoms with Crippen molar-refractivity contribution in [3.63, 3.8) is 0 Å². The van der Waals surface area contributed by atoms with Gasteiger partial charge < -0.3 is 9.26 Å². The van der Waals surface area contributed by atoms with E-state index in [1.807, 2.05) is 6.92 Å². The number of hydrogen-bond donors (Lipinski definition) is 0. The molecular formula is C17H26N4O4S. The summed E-state index contributed by atoms with van der Waals surface area (Å²) in [4.78, 5) is 7.04. The van der Waals surface area contributed by atoms with Crippen molar-refractivity contribution in [2.24, 2.45) is 5.92 Å². The van der Waals surface area contributed by atoms with Gasteiger partial charge in [-0.15, -0.1) is 0 Å². The summed E-state index contributed by atoms with van der Waals surface area (Å²) in [7, 11) is -3.18. The molecule has 4 fully saturated rings. The minimum Gasteiger partial charge on any atom is -0.381 e. The van der Waals surface area contributed by atoms with Crippen molar-refractivity contribution in [3.8, 4) is 0 Å². The Morgan fingerprint density at radius 1 is 1.12 bits per heavy atom. The SMILES string of the molecule is Cc1noc([C@@]23CN(C4CCOCC4)C[C@@H]2CN(S(=O)(=O)C2CC2)C3)n1. The molecular weight excluding hydrogens is 356 g/mol. The van der Waals surface area contributed by atoms with Gasteiger partial charge in [0.05, 0.1) is 10.7 Å². The van der Waals surface area contributed by atoms with Crippen LogP contribution >= 0.6 is 0 Å². The molecule has 0 aromatic carbocycles. The predicted molar refractivity (Wildman–Crippen MR) is 93.1 cm³/mol. The molecule has 9 heteroatoms. The van der Waals surface area contributed by atoms with Crippen LogP contribution in [0.1, 0.15) is 37.4 Å². The van der Waals surface area contributed by atoms with Crippen molar-refractivity contribution in [2.45, 2.75) is 49.3 Å². The van der Waals surface area contributed by atoms with E-state index in [0.29, 0.717) is 30.8 Å². The standard InChI is InChI=1S/C17H26N4O4S/c1-12-18-16(25-19-12)17-10-20(14-4-6-24-7-5-14)8-13(17)9-21(11-17)26(22,23)15-2-3-15/h13-15H,2-11H2,1H3/t13-,17-/m1/s1. The lowest BCUT2D eigenvalue weighted by Crippen LogP contribution is -2.44. The van der Waals surface area contributed by atoms with Crippen molar-refractivity contribution < 1.29 is 17.7 Å². The maximum Gasteiger partial charge on any atom is 0.235 e. The van der Waals surface area contributed by atoms with Crippen LogP contribution in [-0.4, -0.2) is 78.4 Å². The van der Waals surface area contributed by atoms with E-state index < -0.39 is 10.0 Å². The second-order valence-electron chi connectivity index (χ2n) is 8.31. The van der Waals surface area contributed by atoms with Gasteiger partial charge in [-0.25, -0.2) is 12.7 Å². The Balaban J connectivity index is 1.45. The molecule has 3 aliphatic heterocycles. The van der Waals surface area contributed by atoms with Crippen molar-refractivity contribution >= 4 is 10.0 Å². The summed E-state index contributed by atoms with van der Waals surface area (Å²) in [6, 6.07) is 0.503. The Morgan fingerprint density at radius 3 is 2.54 bits per heavy atom. The van der Waals surface area contributed by atoms with Gasteiger partial charge in [0.25, 0.3) is 0 Å². The van der Waals surface area contributed by atoms with Gasteiger partial charge in [-0.3, -0.25) is 4.90 Å². The van der Waals surface area contributed by atoms with Gasteiger partial charge in [0, 0.05) is 51.4 Å². The molecule has 0 amide bonds. The molecule has 1 aromatic heterocycles. The first-order valence-corrected chi connectivity index (χ1v) is 11.1. The number of aryl methyl sites for hydroxylation is 1. The third-order valence-corrected chi connectivity index (χ3v) is 8.88. The lowest BCUT2D eigenvalue weighted by molar-refractivity contribution is 0.0382. The number of ether oxygens (including phenoxy) is 1. The summed E-state index contributed by atoms with van der Waals surface area (Å²) in [5, 5.41) is 3.82. The summed E-state index contributed by atoms with van der Waals surface area (Å²) in [5.41, 5.74) is -0.373. The normalized spacial score (nSPS) is 34.4. The zero-order valence-electron chi connectivity index (χ0n) is 15.1. The molecule has 26 heavy (non-hydrogen) atoms. The van der Waals surface area contributed by atoms with Gasteiger partial charge in [-0.1, -0.05) is 5.16 Å². The summed E-state index contributed by atoms with van der Waals surface area (Å²) >= 11 is 0. The van der Waals surface area contributed by atoms with E-state index >= 15 is 0 Å². The Morgan fingerprint density at radius 2 is 1.88 bits per heavy atom. The lowest BCUT2D eigenvalue weighted by Gasteiger charge is -2.33. The Kier molecular flexibility index (Phi) is 3.93. The van der Waals surface area contributed by atoms with Crippen LogP contribution in [0, 0.1) is 12.8 Å². The molecule has 4 heterocycles. The maximum atomic E-state index is 12.8. The fraction of sp³-hybridized carbons (Fsp3) is 0.882. The first-order valence-electron chi connectivity index (χ1n) is 9.60. The number of likely N-dealkylation sites (tertiary alicyclic amines) is 1. The van der Waals surface area contributed by atoms with E-state index in [-0.39, 0.29) is 16.6 Å². The van der Waals surface area contributed by atoms with Gasteiger partial charge in [0.15, 0.2) is 5.82 Å². The van der Waals surface area contributed by atoms with E-state index in [1.54, 1.807) is 4.31 Å². The highest BCUT2D eigenvalue weighted by Crippen LogP contribution is 2.47. The van der Waals surface area contributed by atoms with Gasteiger partial charge in [0.2, 0.25) is 15.9 Å². The van der Waals surface area contributed by atoms with E-state index in [0.717, 1.165) is 52.0 Å². The maximum absolute atomic E-state index is 12.8. The van der Waals surface area contributed by atoms with E-state index in [1.165, 1.54) is 0 Å². The van der Waals surface area contributed by atoms with Gasteiger partial charge in [0.1, 0.15) is 0 Å². The molecule has 0 N–H and O–H groups in total. The van der Waals surface area contributed by atoms with Crippen LogP contribution < -0.4 is 0 Å². The summed E-state index contributed by atoms with van der Waals surface area (Å²) in [6.45, 7) is 6.15. The number of fused-ring (bicyclic) bond motifs is 1. The molecule has 3 saturated heterocycles. The molecule has 1 saturated carbocycles. The van der Waals surface area contributed by atoms with Gasteiger partial charge in [-0.05, 0) is 32.6 Å². The van der Waals surface area contributed by atoms with Gasteiger partial charge in [-0.2, -0.15) is 4.98 Å². The number of aromatic nitrogens is 2. The number of rotatable bonds is 4. The number of nitrogens with zero attached hydrogens (tertiary/aromatic N) is 4. The molecule has 0 spiro atoms. The van der Waals surface area contributed by atoms with Crippen LogP contribution in [0.3, 0.4) is 0 Å². The highest BCUT2D eigenvalue weighted by atomic mass is 32.2. The Bertz CT molecular complexity index is 786. The summed E-state index contributed by atoms with van der Waals surface area (Å²) < 4.78 is 38.4. The molecule has 4 aliphatic rings. The average Bonchev–Trinajstić information content (AvgIpc) is 3.16. The van der Waals surface area contributed by atoms with Crippen LogP contribution in [-0.2, 0) is 20.2 Å². The molecule has 8 nitrogen and oxygen atoms in total. The topological polar surface area (TPSA) is 88.8 Å². The zero-order chi connectivity index (χ0) is 17.9. The fourth-order valence-corrected chi connectivity index (χ4v) is 6.91. The fourth-order valence-electron chi connectivity index (χ4n) is 4.96. The first-order chi connectivity index (χ1) is 12.5. The Hall–Kier alpha value is -1.03. The molecule has 1 aromatic rings. The van der Waals surface area contributed by atoms with E-state index in [9.17, 15) is 8.42 Å². The quantitative estimate of drug-likeness (QED) is 0.751. The molecule has 2 atom stereocenters. The average molecular weight is 382 g/mol. The minimum atomic E-state index is -3.18. The van der Waals surface area contributed by atoms with Crippen molar-refractivity contribution in [1.82, 2.24) is 19.3 Å². The zero-order valence-corrected chi connectivity index (χ0v) is 15.9. The molecule has 0 radical (unpaired) electrons. The van der Waals surface area contributed by atoms with Crippen molar-refractivity contribution in [2.75, 3.05) is 39.4 Å². The van der Waals surface area contributed by atoms with Crippen LogP contribution in [0.4, 0.5) is 0 Å². The summed E-state index contributed by atoms with van der Waals surface area (Å²) in [5.74, 6) is 1.43. The van der Waals surface area contributed by atoms with Crippen molar-refractivity contribution in [3.05, 3.63) is 11.7 Å². The van der Waals surface area contributed by atoms with Crippen LogP contribution in [0.15, 0.2) is 4.52 Å². The van der Waals surface area contributed by atoms with Crippen LogP contribution in [0.2, 0.25) is 0 Å². The lowest BCUT2D eigenvalue weighted by atomic mass is 9.81. The smallest absolute Gasteiger partial charge is 0.235 e. The second kappa shape index (κ2) is 5.98. The highest BCUT2D eigenvalue weighted by molar-refractivity contribution is 7.90. The number of sulfonamides is 1. The monoisotopic (exact) mass is 382 g/mol. The highest BCUT2D eigenvalue weighted by Gasteiger charge is 2.60. The molecule has 1 aliphatic carbocycles. The third kappa shape index (κ3) is 2.63. The summed E-state index contributed by atoms with van der Waals surface area (Å²) in [6.07, 6.45) is 3.67.